The molecule has 7 nitrogen and oxygen atoms in total. The number of carbonyl (C=O) groups is 2. The van der Waals surface area contributed by atoms with Crippen LogP contribution in [-0.2, 0) is 16.0 Å². The molecule has 0 radical (unpaired) electrons. The van der Waals surface area contributed by atoms with Crippen molar-refractivity contribution in [3.63, 3.8) is 0 Å². The molecule has 0 spiro atoms. The molecule has 144 valence electrons. The van der Waals surface area contributed by atoms with Gasteiger partial charge < -0.3 is 20.9 Å². The van der Waals surface area contributed by atoms with Gasteiger partial charge >= 0.3 is 0 Å². The summed E-state index contributed by atoms with van der Waals surface area (Å²) in [6, 6.07) is 12.5. The maximum Gasteiger partial charge on any atom is 0.247 e. The van der Waals surface area contributed by atoms with Gasteiger partial charge in [0.2, 0.25) is 11.8 Å². The number of likely N-dealkylation sites (tertiary alicyclic amines) is 1. The normalized spacial score (nSPS) is 17.6. The quantitative estimate of drug-likeness (QED) is 0.633. The number of anilines is 1. The average molecular weight is 377 g/mol. The number of carbonyl (C=O) groups excluding carboxylic acids is 2. The zero-order valence-corrected chi connectivity index (χ0v) is 15.5. The fourth-order valence-electron chi connectivity index (χ4n) is 3.79. The highest BCUT2D eigenvalue weighted by Crippen LogP contribution is 2.25. The van der Waals surface area contributed by atoms with Crippen LogP contribution in [0, 0.1) is 0 Å². The van der Waals surface area contributed by atoms with E-state index >= 15 is 0 Å². The number of fused-ring (bicyclic) bond motifs is 1. The van der Waals surface area contributed by atoms with Crippen molar-refractivity contribution in [3.05, 3.63) is 60.7 Å². The van der Waals surface area contributed by atoms with E-state index in [1.165, 1.54) is 0 Å². The van der Waals surface area contributed by atoms with E-state index in [9.17, 15) is 9.59 Å². The van der Waals surface area contributed by atoms with Crippen LogP contribution in [0.1, 0.15) is 18.5 Å². The molecule has 0 unspecified atom stereocenters. The number of hydrogen-bond donors (Lipinski definition) is 3. The minimum Gasteiger partial charge on any atom is -0.348 e. The van der Waals surface area contributed by atoms with E-state index in [-0.39, 0.29) is 11.8 Å². The van der Waals surface area contributed by atoms with Crippen LogP contribution in [0.4, 0.5) is 5.69 Å². The topological polar surface area (TPSA) is 104 Å². The summed E-state index contributed by atoms with van der Waals surface area (Å²) in [4.78, 5) is 34.3. The van der Waals surface area contributed by atoms with Crippen LogP contribution < -0.4 is 11.1 Å². The number of aromatic amines is 1. The first-order valence-electron chi connectivity index (χ1n) is 9.45. The molecule has 2 amide bonds. The number of hydrogen-bond acceptors (Lipinski definition) is 4. The number of nitrogens with two attached hydrogens (primary N) is 1. The summed E-state index contributed by atoms with van der Waals surface area (Å²) < 4.78 is 0. The standard InChI is InChI=1S/C21H23N5O2/c22-17(11-15-12-23-13-24-15)21(28)26-10-4-9-19(26)20(27)25-18-8-3-6-14-5-1-2-7-16(14)18/h1-3,5-8,12-13,17,19H,4,9-11,22H2,(H,23,24)(H,25,27)/t17-,19-/m0/s1. The van der Waals surface area contributed by atoms with Crippen LogP contribution in [0.5, 0.6) is 0 Å². The van der Waals surface area contributed by atoms with Crippen LogP contribution >= 0.6 is 0 Å². The predicted octanol–water partition coefficient (Wildman–Crippen LogP) is 2.06. The molecule has 1 aliphatic rings. The van der Waals surface area contributed by atoms with Gasteiger partial charge in [-0.1, -0.05) is 36.4 Å². The zero-order chi connectivity index (χ0) is 19.5. The minimum absolute atomic E-state index is 0.170. The van der Waals surface area contributed by atoms with Crippen LogP contribution in [0.3, 0.4) is 0 Å². The van der Waals surface area contributed by atoms with E-state index < -0.39 is 12.1 Å². The van der Waals surface area contributed by atoms with E-state index in [4.69, 9.17) is 5.73 Å². The van der Waals surface area contributed by atoms with Gasteiger partial charge in [0, 0.05) is 35.9 Å². The molecule has 1 saturated heterocycles. The lowest BCUT2D eigenvalue weighted by atomic mass is 10.1. The number of H-pyrrole nitrogens is 1. The van der Waals surface area contributed by atoms with Gasteiger partial charge in [0.05, 0.1) is 12.4 Å². The van der Waals surface area contributed by atoms with Crippen molar-refractivity contribution >= 4 is 28.3 Å². The minimum atomic E-state index is -0.702. The molecule has 2 atom stereocenters. The molecule has 1 aromatic heterocycles. The Morgan fingerprint density at radius 1 is 1.25 bits per heavy atom. The first-order valence-corrected chi connectivity index (χ1v) is 9.45. The van der Waals surface area contributed by atoms with E-state index in [0.717, 1.165) is 28.6 Å². The third-order valence-electron chi connectivity index (χ3n) is 5.20. The fourth-order valence-corrected chi connectivity index (χ4v) is 3.79. The molecule has 2 aromatic carbocycles. The van der Waals surface area contributed by atoms with Crippen LogP contribution in [-0.4, -0.2) is 45.3 Å². The van der Waals surface area contributed by atoms with Crippen LogP contribution in [0.2, 0.25) is 0 Å². The summed E-state index contributed by atoms with van der Waals surface area (Å²) in [6.07, 6.45) is 5.01. The second kappa shape index (κ2) is 7.82. The number of benzene rings is 2. The second-order valence-electron chi connectivity index (χ2n) is 7.09. The molecular formula is C21H23N5O2. The lowest BCUT2D eigenvalue weighted by molar-refractivity contribution is -0.137. The molecule has 1 fully saturated rings. The van der Waals surface area contributed by atoms with E-state index in [0.29, 0.717) is 19.4 Å². The molecule has 3 aromatic rings. The Morgan fingerprint density at radius 2 is 2.07 bits per heavy atom. The predicted molar refractivity (Wildman–Crippen MR) is 108 cm³/mol. The van der Waals surface area contributed by atoms with Gasteiger partial charge in [-0.05, 0) is 24.3 Å². The maximum absolute atomic E-state index is 13.0. The Hall–Kier alpha value is -3.19. The first-order chi connectivity index (χ1) is 13.6. The lowest BCUT2D eigenvalue weighted by Crippen LogP contribution is -2.50. The molecule has 0 saturated carbocycles. The van der Waals surface area contributed by atoms with Gasteiger partial charge in [-0.2, -0.15) is 0 Å². The number of rotatable bonds is 5. The molecule has 4 N–H and O–H groups in total. The van der Waals surface area contributed by atoms with Crippen molar-refractivity contribution in [2.45, 2.75) is 31.3 Å². The lowest BCUT2D eigenvalue weighted by Gasteiger charge is -2.26. The summed E-state index contributed by atoms with van der Waals surface area (Å²) in [7, 11) is 0. The number of amides is 2. The summed E-state index contributed by atoms with van der Waals surface area (Å²) in [5, 5.41) is 5.04. The molecule has 4 rings (SSSR count). The molecule has 7 heteroatoms. The SMILES string of the molecule is N[C@@H](Cc1cnc[nH]1)C(=O)N1CCC[C@H]1C(=O)Nc1cccc2ccccc12. The summed E-state index contributed by atoms with van der Waals surface area (Å²) in [5.41, 5.74) is 7.66. The van der Waals surface area contributed by atoms with E-state index in [2.05, 4.69) is 15.3 Å². The smallest absolute Gasteiger partial charge is 0.247 e. The fraction of sp³-hybridized carbons (Fsp3) is 0.286. The number of nitrogens with one attached hydrogen (secondary N) is 2. The Balaban J connectivity index is 1.48. The number of nitrogens with zero attached hydrogens (tertiary/aromatic N) is 2. The van der Waals surface area contributed by atoms with E-state index in [1.807, 2.05) is 42.5 Å². The number of aromatic nitrogens is 2. The van der Waals surface area contributed by atoms with Gasteiger partial charge in [0.1, 0.15) is 6.04 Å². The van der Waals surface area contributed by atoms with Crippen molar-refractivity contribution < 1.29 is 9.59 Å². The van der Waals surface area contributed by atoms with Crippen molar-refractivity contribution in [1.82, 2.24) is 14.9 Å². The van der Waals surface area contributed by atoms with Gasteiger partial charge in [-0.15, -0.1) is 0 Å². The molecular weight excluding hydrogens is 354 g/mol. The monoisotopic (exact) mass is 377 g/mol. The van der Waals surface area contributed by atoms with Gasteiger partial charge in [-0.25, -0.2) is 4.98 Å². The Bertz CT molecular complexity index is 980. The Morgan fingerprint density at radius 3 is 2.89 bits per heavy atom. The van der Waals surface area contributed by atoms with Gasteiger partial charge in [0.15, 0.2) is 0 Å². The van der Waals surface area contributed by atoms with Gasteiger partial charge in [-0.3, -0.25) is 9.59 Å². The summed E-state index contributed by atoms with van der Waals surface area (Å²) in [5.74, 6) is -0.374. The first kappa shape index (κ1) is 18.2. The third-order valence-corrected chi connectivity index (χ3v) is 5.20. The van der Waals surface area contributed by atoms with Crippen molar-refractivity contribution in [3.8, 4) is 0 Å². The summed E-state index contributed by atoms with van der Waals surface area (Å²) in [6.45, 7) is 0.545. The Kier molecular flexibility index (Phi) is 5.08. The molecule has 2 heterocycles. The van der Waals surface area contributed by atoms with Crippen LogP contribution in [0.25, 0.3) is 10.8 Å². The van der Waals surface area contributed by atoms with Crippen molar-refractivity contribution in [1.29, 1.82) is 0 Å². The Labute approximate surface area is 162 Å². The second-order valence-corrected chi connectivity index (χ2v) is 7.09. The molecule has 28 heavy (non-hydrogen) atoms. The highest BCUT2D eigenvalue weighted by molar-refractivity contribution is 6.05. The highest BCUT2D eigenvalue weighted by atomic mass is 16.2. The van der Waals surface area contributed by atoms with Crippen molar-refractivity contribution in [2.75, 3.05) is 11.9 Å². The average Bonchev–Trinajstić information content (AvgIpc) is 3.39. The van der Waals surface area contributed by atoms with E-state index in [1.54, 1.807) is 17.4 Å². The highest BCUT2D eigenvalue weighted by Gasteiger charge is 2.36. The van der Waals surface area contributed by atoms with Gasteiger partial charge in [0.25, 0.3) is 0 Å². The number of imidazole rings is 1. The molecule has 1 aliphatic heterocycles. The van der Waals surface area contributed by atoms with Crippen molar-refractivity contribution in [2.24, 2.45) is 5.73 Å². The zero-order valence-electron chi connectivity index (χ0n) is 15.5. The maximum atomic E-state index is 13.0. The molecule has 0 bridgehead atoms. The third kappa shape index (κ3) is 3.61. The largest absolute Gasteiger partial charge is 0.348 e. The molecule has 0 aliphatic carbocycles. The van der Waals surface area contributed by atoms with Crippen LogP contribution in [0.15, 0.2) is 55.0 Å². The summed E-state index contributed by atoms with van der Waals surface area (Å²) >= 11 is 0.